The minimum atomic E-state index is -4.74. The van der Waals surface area contributed by atoms with Gasteiger partial charge in [0.05, 0.1) is 13.2 Å². The van der Waals surface area contributed by atoms with E-state index in [1.807, 2.05) is 12.2 Å². The van der Waals surface area contributed by atoms with E-state index < -0.39 is 51.1 Å². The van der Waals surface area contributed by atoms with Crippen LogP contribution >= 0.6 is 7.82 Å². The summed E-state index contributed by atoms with van der Waals surface area (Å²) >= 11 is 0. The number of aliphatic carboxylic acids is 1. The molecular weight excluding hydrogens is 733 g/mol. The van der Waals surface area contributed by atoms with Crippen LogP contribution in [0.2, 0.25) is 0 Å². The quantitative estimate of drug-likeness (QED) is 0.0236. The molecule has 0 aromatic carbocycles. The first-order valence-corrected chi connectivity index (χ1v) is 22.1. The average molecular weight is 806 g/mol. The Balaban J connectivity index is 4.55. The van der Waals surface area contributed by atoms with Crippen LogP contribution in [0.15, 0.2) is 85.1 Å². The average Bonchev–Trinajstić information content (AvgIpc) is 3.17. The second-order valence-electron chi connectivity index (χ2n) is 13.4. The Bertz CT molecular complexity index is 1270. The summed E-state index contributed by atoms with van der Waals surface area (Å²) in [5.74, 6) is -2.49. The van der Waals surface area contributed by atoms with E-state index >= 15 is 0 Å². The number of ether oxygens (including phenoxy) is 2. The van der Waals surface area contributed by atoms with Gasteiger partial charge in [-0.15, -0.1) is 0 Å². The number of carbonyl (C=O) groups is 3. The molecule has 0 aliphatic carbocycles. The lowest BCUT2D eigenvalue weighted by atomic mass is 10.1. The molecule has 0 aromatic heterocycles. The maximum absolute atomic E-state index is 12.6. The molecule has 0 saturated carbocycles. The third-order valence-electron chi connectivity index (χ3n) is 8.13. The Labute approximate surface area is 337 Å². The zero-order chi connectivity index (χ0) is 41.4. The second-order valence-corrected chi connectivity index (χ2v) is 14.8. The normalized spacial score (nSPS) is 14.6. The lowest BCUT2D eigenvalue weighted by molar-refractivity contribution is -0.161. The third-order valence-corrected chi connectivity index (χ3v) is 9.08. The van der Waals surface area contributed by atoms with E-state index in [1.54, 1.807) is 0 Å². The maximum atomic E-state index is 12.6. The summed E-state index contributed by atoms with van der Waals surface area (Å²) in [7, 11) is -4.74. The van der Waals surface area contributed by atoms with Crippen LogP contribution in [0.4, 0.5) is 0 Å². The first-order valence-electron chi connectivity index (χ1n) is 20.6. The Morgan fingerprint density at radius 1 is 0.571 bits per heavy atom. The van der Waals surface area contributed by atoms with Crippen molar-refractivity contribution < 1.29 is 47.5 Å². The van der Waals surface area contributed by atoms with Crippen LogP contribution in [0, 0.1) is 0 Å². The highest BCUT2D eigenvalue weighted by Crippen LogP contribution is 2.43. The molecule has 0 saturated heterocycles. The Kier molecular flexibility index (Phi) is 36.2. The summed E-state index contributed by atoms with van der Waals surface area (Å²) in [6.07, 6.45) is 46.6. The number of esters is 2. The molecule has 56 heavy (non-hydrogen) atoms. The van der Waals surface area contributed by atoms with Crippen molar-refractivity contribution in [2.45, 2.75) is 154 Å². The van der Waals surface area contributed by atoms with E-state index in [0.29, 0.717) is 19.3 Å². The summed E-state index contributed by atoms with van der Waals surface area (Å²) in [4.78, 5) is 45.9. The molecule has 0 aromatic rings. The Morgan fingerprint density at radius 3 is 1.55 bits per heavy atom. The number of nitrogens with two attached hydrogens (primary N) is 1. The van der Waals surface area contributed by atoms with Gasteiger partial charge in [-0.05, 0) is 83.5 Å². The zero-order valence-corrected chi connectivity index (χ0v) is 35.1. The van der Waals surface area contributed by atoms with Crippen LogP contribution in [0.3, 0.4) is 0 Å². The SMILES string of the molecule is CCC=CCC=CCC=CCCCCCCCC(=O)OC[C@H](COP(=O)(O)OC[C@H](N)C(=O)O)OC(=O)CCCC=CCC=CCC=CCC=CCCCCC. The number of unbranched alkanes of at least 4 members (excludes halogenated alkanes) is 9. The molecule has 0 fully saturated rings. The van der Waals surface area contributed by atoms with E-state index in [4.69, 9.17) is 24.8 Å². The molecule has 0 amide bonds. The van der Waals surface area contributed by atoms with Crippen molar-refractivity contribution in [1.29, 1.82) is 0 Å². The minimum Gasteiger partial charge on any atom is -0.480 e. The predicted octanol–water partition coefficient (Wildman–Crippen LogP) is 10.7. The molecule has 318 valence electrons. The largest absolute Gasteiger partial charge is 0.480 e. The van der Waals surface area contributed by atoms with Crippen molar-refractivity contribution in [3.8, 4) is 0 Å². The smallest absolute Gasteiger partial charge is 0.472 e. The van der Waals surface area contributed by atoms with Gasteiger partial charge in [-0.2, -0.15) is 0 Å². The highest BCUT2D eigenvalue weighted by molar-refractivity contribution is 7.47. The van der Waals surface area contributed by atoms with Crippen molar-refractivity contribution in [3.05, 3.63) is 85.1 Å². The standard InChI is InChI=1S/C44H72NO10P/c1-3-5-7-9-11-13-15-17-19-20-22-24-26-28-30-32-34-36-43(47)55-40(38-53-56(50,51)54-39-41(45)44(48)49)37-52-42(46)35-33-31-29-27-25-23-21-18-16-14-12-10-8-6-4-2/h6,8,11-14,17-19,21-22,24,28,30,40-41H,3-5,7,9-10,15-16,20,23,25-27,29,31-39,45H2,1-2H3,(H,48,49)(H,50,51)/t40-,41+/m1/s1. The zero-order valence-electron chi connectivity index (χ0n) is 34.2. The molecule has 0 bridgehead atoms. The van der Waals surface area contributed by atoms with Gasteiger partial charge in [0.25, 0.3) is 0 Å². The number of carboxylic acids is 1. The highest BCUT2D eigenvalue weighted by Gasteiger charge is 2.28. The number of phosphoric acid groups is 1. The first-order chi connectivity index (χ1) is 27.1. The van der Waals surface area contributed by atoms with Crippen LogP contribution < -0.4 is 5.73 Å². The molecule has 12 heteroatoms. The fourth-order valence-corrected chi connectivity index (χ4v) is 5.67. The number of hydrogen-bond donors (Lipinski definition) is 3. The van der Waals surface area contributed by atoms with Crippen LogP contribution in [-0.2, 0) is 37.5 Å². The van der Waals surface area contributed by atoms with E-state index in [0.717, 1.165) is 77.0 Å². The molecule has 4 N–H and O–H groups in total. The molecule has 11 nitrogen and oxygen atoms in total. The highest BCUT2D eigenvalue weighted by atomic mass is 31.2. The lowest BCUT2D eigenvalue weighted by Crippen LogP contribution is -2.34. The number of phosphoric ester groups is 1. The van der Waals surface area contributed by atoms with E-state index in [9.17, 15) is 23.8 Å². The molecule has 0 aliphatic rings. The number of rotatable bonds is 37. The summed E-state index contributed by atoms with van der Waals surface area (Å²) in [5.41, 5.74) is 5.32. The van der Waals surface area contributed by atoms with Gasteiger partial charge in [0, 0.05) is 12.8 Å². The molecule has 0 spiro atoms. The number of allylic oxidation sites excluding steroid dienone is 14. The van der Waals surface area contributed by atoms with Crippen LogP contribution in [0.1, 0.15) is 142 Å². The number of carboxylic acid groups (broad SMARTS) is 1. The monoisotopic (exact) mass is 805 g/mol. The summed E-state index contributed by atoms with van der Waals surface area (Å²) in [5, 5.41) is 8.88. The molecule has 0 rings (SSSR count). The summed E-state index contributed by atoms with van der Waals surface area (Å²) < 4.78 is 32.6. The molecule has 0 aliphatic heterocycles. The van der Waals surface area contributed by atoms with Gasteiger partial charge in [0.2, 0.25) is 0 Å². The predicted molar refractivity (Wildman–Crippen MR) is 226 cm³/mol. The Hall–Kier alpha value is -3.34. The molecular formula is C44H72NO10P. The lowest BCUT2D eigenvalue weighted by Gasteiger charge is -2.20. The van der Waals surface area contributed by atoms with Crippen LogP contribution in [0.5, 0.6) is 0 Å². The van der Waals surface area contributed by atoms with Gasteiger partial charge in [0.1, 0.15) is 12.6 Å². The second kappa shape index (κ2) is 38.5. The van der Waals surface area contributed by atoms with Gasteiger partial charge in [0.15, 0.2) is 6.10 Å². The molecule has 0 heterocycles. The van der Waals surface area contributed by atoms with E-state index in [-0.39, 0.29) is 19.4 Å². The molecule has 1 unspecified atom stereocenters. The van der Waals surface area contributed by atoms with Gasteiger partial charge >= 0.3 is 25.7 Å². The van der Waals surface area contributed by atoms with Crippen molar-refractivity contribution >= 4 is 25.7 Å². The molecule has 3 atom stereocenters. The van der Waals surface area contributed by atoms with Crippen LogP contribution in [0.25, 0.3) is 0 Å². The van der Waals surface area contributed by atoms with Gasteiger partial charge in [-0.1, -0.05) is 131 Å². The van der Waals surface area contributed by atoms with Gasteiger partial charge in [-0.25, -0.2) is 4.57 Å². The maximum Gasteiger partial charge on any atom is 0.472 e. The topological polar surface area (TPSA) is 172 Å². The van der Waals surface area contributed by atoms with Gasteiger partial charge in [-0.3, -0.25) is 23.4 Å². The Morgan fingerprint density at radius 2 is 1.02 bits per heavy atom. The first kappa shape index (κ1) is 52.7. The number of carbonyl (C=O) groups excluding carboxylic acids is 2. The molecule has 0 radical (unpaired) electrons. The fraction of sp³-hybridized carbons (Fsp3) is 0.614. The van der Waals surface area contributed by atoms with Crippen molar-refractivity contribution in [2.24, 2.45) is 5.73 Å². The summed E-state index contributed by atoms with van der Waals surface area (Å²) in [6, 6.07) is -1.54. The van der Waals surface area contributed by atoms with Crippen LogP contribution in [-0.4, -0.2) is 59.9 Å². The summed E-state index contributed by atoms with van der Waals surface area (Å²) in [6.45, 7) is 2.56. The van der Waals surface area contributed by atoms with Crippen molar-refractivity contribution in [3.63, 3.8) is 0 Å². The minimum absolute atomic E-state index is 0.0764. The van der Waals surface area contributed by atoms with Crippen molar-refractivity contribution in [1.82, 2.24) is 0 Å². The van der Waals surface area contributed by atoms with E-state index in [1.165, 1.54) is 19.3 Å². The van der Waals surface area contributed by atoms with Gasteiger partial charge < -0.3 is 25.2 Å². The van der Waals surface area contributed by atoms with E-state index in [2.05, 4.69) is 91.3 Å². The fourth-order valence-electron chi connectivity index (χ4n) is 4.89. The third kappa shape index (κ3) is 37.6. The van der Waals surface area contributed by atoms with Crippen molar-refractivity contribution in [2.75, 3.05) is 19.8 Å². The number of hydrogen-bond acceptors (Lipinski definition) is 9.